The van der Waals surface area contributed by atoms with Crippen molar-refractivity contribution in [3.8, 4) is 0 Å². The van der Waals surface area contributed by atoms with Crippen LogP contribution in [0.4, 0.5) is 5.69 Å². The molecule has 1 aromatic carbocycles. The third-order valence-corrected chi connectivity index (χ3v) is 6.74. The molecular weight excluding hydrogens is 396 g/mol. The van der Waals surface area contributed by atoms with Gasteiger partial charge in [-0.2, -0.15) is 0 Å². The highest BCUT2D eigenvalue weighted by Crippen LogP contribution is 2.30. The van der Waals surface area contributed by atoms with E-state index in [0.29, 0.717) is 23.7 Å². The molecule has 28 heavy (non-hydrogen) atoms. The number of benzene rings is 1. The van der Waals surface area contributed by atoms with Gasteiger partial charge < -0.3 is 14.5 Å². The molecule has 1 fully saturated rings. The fraction of sp³-hybridized carbons (Fsp3) is 0.429. The van der Waals surface area contributed by atoms with Crippen molar-refractivity contribution in [3.63, 3.8) is 0 Å². The topological polar surface area (TPSA) is 49.9 Å². The quantitative estimate of drug-likeness (QED) is 0.709. The summed E-state index contributed by atoms with van der Waals surface area (Å²) in [6.45, 7) is 2.49. The summed E-state index contributed by atoms with van der Waals surface area (Å²) in [5.74, 6) is -0.506. The van der Waals surface area contributed by atoms with E-state index in [4.69, 9.17) is 16.3 Å². The number of ether oxygens (including phenoxy) is 1. The molecule has 0 unspecified atom stereocenters. The maximum absolute atomic E-state index is 12.5. The number of hydrogen-bond acceptors (Lipinski definition) is 5. The first-order valence-electron chi connectivity index (χ1n) is 9.66. The second-order valence-corrected chi connectivity index (χ2v) is 8.58. The minimum absolute atomic E-state index is 0.136. The number of aryl methyl sites for hydroxylation is 1. The Balaban J connectivity index is 1.28. The Morgan fingerprint density at radius 1 is 1.11 bits per heavy atom. The van der Waals surface area contributed by atoms with Gasteiger partial charge in [0.05, 0.1) is 5.56 Å². The number of amides is 1. The minimum Gasteiger partial charge on any atom is -0.452 e. The standard InChI is InChI=1S/C21H23ClN2O3S/c22-15-4-3-5-16(12-15)23-8-10-24(11-9-23)20(25)13-27-21(26)18-14-28-19-7-2-1-6-17(18)19/h3-5,12,14H,1-2,6-11,13H2. The average Bonchev–Trinajstić information content (AvgIpc) is 3.16. The van der Waals surface area contributed by atoms with Crippen LogP contribution in [0.2, 0.25) is 5.02 Å². The fourth-order valence-electron chi connectivity index (χ4n) is 3.85. The summed E-state index contributed by atoms with van der Waals surface area (Å²) in [4.78, 5) is 30.2. The van der Waals surface area contributed by atoms with Crippen LogP contribution in [-0.2, 0) is 22.4 Å². The average molecular weight is 419 g/mol. The van der Waals surface area contributed by atoms with Crippen LogP contribution >= 0.6 is 22.9 Å². The van der Waals surface area contributed by atoms with E-state index < -0.39 is 0 Å². The summed E-state index contributed by atoms with van der Waals surface area (Å²) in [5.41, 5.74) is 2.84. The van der Waals surface area contributed by atoms with Crippen LogP contribution in [0.25, 0.3) is 0 Å². The summed E-state index contributed by atoms with van der Waals surface area (Å²) < 4.78 is 5.34. The van der Waals surface area contributed by atoms with Gasteiger partial charge in [-0.25, -0.2) is 4.79 Å². The lowest BCUT2D eigenvalue weighted by atomic mass is 9.96. The number of fused-ring (bicyclic) bond motifs is 1. The second-order valence-electron chi connectivity index (χ2n) is 7.18. The number of hydrogen-bond donors (Lipinski definition) is 0. The molecular formula is C21H23ClN2O3S. The van der Waals surface area contributed by atoms with Gasteiger partial charge in [0, 0.05) is 47.1 Å². The SMILES string of the molecule is O=C(OCC(=O)N1CCN(c2cccc(Cl)c2)CC1)c1csc2c1CCCC2. The van der Waals surface area contributed by atoms with Crippen LogP contribution in [0.15, 0.2) is 29.6 Å². The van der Waals surface area contributed by atoms with E-state index >= 15 is 0 Å². The van der Waals surface area contributed by atoms with Crippen LogP contribution < -0.4 is 4.90 Å². The number of rotatable bonds is 4. The van der Waals surface area contributed by atoms with Gasteiger partial charge in [-0.15, -0.1) is 11.3 Å². The summed E-state index contributed by atoms with van der Waals surface area (Å²) in [7, 11) is 0. The number of carbonyl (C=O) groups is 2. The lowest BCUT2D eigenvalue weighted by Gasteiger charge is -2.36. The molecule has 2 aliphatic rings. The maximum Gasteiger partial charge on any atom is 0.339 e. The summed E-state index contributed by atoms with van der Waals surface area (Å²) >= 11 is 7.69. The summed E-state index contributed by atoms with van der Waals surface area (Å²) in [6, 6.07) is 7.73. The molecule has 0 atom stereocenters. The van der Waals surface area contributed by atoms with Crippen molar-refractivity contribution in [3.05, 3.63) is 50.7 Å². The highest BCUT2D eigenvalue weighted by atomic mass is 35.5. The first-order valence-corrected chi connectivity index (χ1v) is 10.9. The van der Waals surface area contributed by atoms with Crippen molar-refractivity contribution in [1.82, 2.24) is 4.90 Å². The zero-order chi connectivity index (χ0) is 19.5. The number of anilines is 1. The Hall–Kier alpha value is -2.05. The summed E-state index contributed by atoms with van der Waals surface area (Å²) in [6.07, 6.45) is 4.27. The van der Waals surface area contributed by atoms with Gasteiger partial charge in [0.25, 0.3) is 5.91 Å². The van der Waals surface area contributed by atoms with Crippen LogP contribution in [0, 0.1) is 0 Å². The predicted molar refractivity (Wildman–Crippen MR) is 111 cm³/mol. The highest BCUT2D eigenvalue weighted by molar-refractivity contribution is 7.10. The molecule has 1 saturated heterocycles. The number of esters is 1. The van der Waals surface area contributed by atoms with Crippen molar-refractivity contribution in [2.75, 3.05) is 37.7 Å². The Morgan fingerprint density at radius 2 is 1.89 bits per heavy atom. The predicted octanol–water partition coefficient (Wildman–Crippen LogP) is 3.79. The normalized spacial score (nSPS) is 16.6. The third kappa shape index (κ3) is 4.18. The Kier molecular flexibility index (Phi) is 5.87. The smallest absolute Gasteiger partial charge is 0.339 e. The molecule has 1 aliphatic heterocycles. The highest BCUT2D eigenvalue weighted by Gasteiger charge is 2.25. The molecule has 7 heteroatoms. The van der Waals surface area contributed by atoms with Crippen molar-refractivity contribution < 1.29 is 14.3 Å². The van der Waals surface area contributed by atoms with E-state index in [1.807, 2.05) is 29.6 Å². The zero-order valence-corrected chi connectivity index (χ0v) is 17.2. The molecule has 0 N–H and O–H groups in total. The van der Waals surface area contributed by atoms with Crippen molar-refractivity contribution in [2.45, 2.75) is 25.7 Å². The Bertz CT molecular complexity index is 874. The molecule has 0 radical (unpaired) electrons. The maximum atomic E-state index is 12.5. The molecule has 1 aromatic heterocycles. The van der Waals surface area contributed by atoms with Crippen LogP contribution in [0.3, 0.4) is 0 Å². The van der Waals surface area contributed by atoms with E-state index in [0.717, 1.165) is 43.6 Å². The van der Waals surface area contributed by atoms with E-state index in [2.05, 4.69) is 4.90 Å². The lowest BCUT2D eigenvalue weighted by molar-refractivity contribution is -0.134. The number of halogens is 1. The molecule has 148 valence electrons. The minimum atomic E-state index is -0.370. The molecule has 0 spiro atoms. The molecule has 0 bridgehead atoms. The first-order chi connectivity index (χ1) is 13.6. The largest absolute Gasteiger partial charge is 0.452 e. The van der Waals surface area contributed by atoms with E-state index in [-0.39, 0.29) is 18.5 Å². The van der Waals surface area contributed by atoms with Gasteiger partial charge in [-0.05, 0) is 49.4 Å². The fourth-order valence-corrected chi connectivity index (χ4v) is 5.15. The van der Waals surface area contributed by atoms with Gasteiger partial charge >= 0.3 is 5.97 Å². The molecule has 2 heterocycles. The Morgan fingerprint density at radius 3 is 2.68 bits per heavy atom. The third-order valence-electron chi connectivity index (χ3n) is 5.41. The molecule has 5 nitrogen and oxygen atoms in total. The molecule has 4 rings (SSSR count). The zero-order valence-electron chi connectivity index (χ0n) is 15.7. The van der Waals surface area contributed by atoms with E-state index in [1.54, 1.807) is 16.2 Å². The molecule has 0 saturated carbocycles. The summed E-state index contributed by atoms with van der Waals surface area (Å²) in [5, 5.41) is 2.59. The van der Waals surface area contributed by atoms with Crippen molar-refractivity contribution in [1.29, 1.82) is 0 Å². The van der Waals surface area contributed by atoms with Crippen molar-refractivity contribution >= 4 is 40.5 Å². The first kappa shape index (κ1) is 19.3. The van der Waals surface area contributed by atoms with Gasteiger partial charge in [-0.1, -0.05) is 17.7 Å². The van der Waals surface area contributed by atoms with E-state index in [9.17, 15) is 9.59 Å². The van der Waals surface area contributed by atoms with Crippen LogP contribution in [-0.4, -0.2) is 49.6 Å². The second kappa shape index (κ2) is 8.53. The number of nitrogens with zero attached hydrogens (tertiary/aromatic N) is 2. The monoisotopic (exact) mass is 418 g/mol. The van der Waals surface area contributed by atoms with Gasteiger partial charge in [0.1, 0.15) is 0 Å². The number of piperazine rings is 1. The number of carbonyl (C=O) groups excluding carboxylic acids is 2. The Labute approximate surface area is 173 Å². The lowest BCUT2D eigenvalue weighted by Crippen LogP contribution is -2.49. The number of thiophene rings is 1. The van der Waals surface area contributed by atoms with Crippen LogP contribution in [0.1, 0.15) is 33.6 Å². The molecule has 1 amide bonds. The van der Waals surface area contributed by atoms with Crippen molar-refractivity contribution in [2.24, 2.45) is 0 Å². The van der Waals surface area contributed by atoms with Gasteiger partial charge in [-0.3, -0.25) is 4.79 Å². The van der Waals surface area contributed by atoms with Gasteiger partial charge in [0.2, 0.25) is 0 Å². The van der Waals surface area contributed by atoms with E-state index in [1.165, 1.54) is 11.3 Å². The van der Waals surface area contributed by atoms with Gasteiger partial charge in [0.15, 0.2) is 6.61 Å². The molecule has 1 aliphatic carbocycles. The molecule has 2 aromatic rings. The van der Waals surface area contributed by atoms with Crippen LogP contribution in [0.5, 0.6) is 0 Å².